The number of rotatable bonds is 4. The molecule has 2 amide bonds. The number of carbonyl (C=O) groups is 2. The zero-order chi connectivity index (χ0) is 20.4. The number of amides is 2. The zero-order valence-corrected chi connectivity index (χ0v) is 18.2. The highest BCUT2D eigenvalue weighted by Crippen LogP contribution is 2.28. The molecule has 0 radical (unpaired) electrons. The van der Waals surface area contributed by atoms with Gasteiger partial charge in [-0.3, -0.25) is 9.59 Å². The first-order valence-corrected chi connectivity index (χ1v) is 10.1. The summed E-state index contributed by atoms with van der Waals surface area (Å²) < 4.78 is 0. The van der Waals surface area contributed by atoms with Crippen molar-refractivity contribution in [3.8, 4) is 0 Å². The number of hydrogen-bond acceptors (Lipinski definition) is 3. The fraction of sp³-hybridized carbons (Fsp3) is 0.600. The Hall–Kier alpha value is -1.46. The maximum atomic E-state index is 13.0. The van der Waals surface area contributed by atoms with E-state index in [0.717, 1.165) is 5.69 Å². The van der Waals surface area contributed by atoms with Crippen molar-refractivity contribution in [2.75, 3.05) is 31.1 Å². The minimum atomic E-state index is -0.528. The van der Waals surface area contributed by atoms with Gasteiger partial charge in [0.05, 0.1) is 10.0 Å². The van der Waals surface area contributed by atoms with Crippen molar-refractivity contribution in [1.82, 2.24) is 10.2 Å². The number of nitrogens with one attached hydrogen (secondary N) is 1. The van der Waals surface area contributed by atoms with Gasteiger partial charge >= 0.3 is 0 Å². The van der Waals surface area contributed by atoms with Gasteiger partial charge < -0.3 is 15.1 Å². The van der Waals surface area contributed by atoms with Crippen LogP contribution in [0.15, 0.2) is 18.2 Å². The molecule has 1 N–H and O–H groups in total. The predicted molar refractivity (Wildman–Crippen MR) is 111 cm³/mol. The Kier molecular flexibility index (Phi) is 7.03. The SMILES string of the molecule is CC(C)C(NC(=O)C(C)(C)C)C(=O)N1CCN(c2ccc(Cl)c(Cl)c2)CC1. The Labute approximate surface area is 172 Å². The monoisotopic (exact) mass is 413 g/mol. The molecule has 27 heavy (non-hydrogen) atoms. The van der Waals surface area contributed by atoms with E-state index in [1.165, 1.54) is 0 Å². The molecule has 0 bridgehead atoms. The van der Waals surface area contributed by atoms with Gasteiger partial charge in [0.1, 0.15) is 6.04 Å². The molecule has 1 heterocycles. The molecule has 0 aliphatic carbocycles. The Morgan fingerprint density at radius 2 is 1.63 bits per heavy atom. The van der Waals surface area contributed by atoms with Crippen LogP contribution in [-0.4, -0.2) is 48.9 Å². The zero-order valence-electron chi connectivity index (χ0n) is 16.7. The van der Waals surface area contributed by atoms with Crippen molar-refractivity contribution in [3.63, 3.8) is 0 Å². The van der Waals surface area contributed by atoms with E-state index in [1.807, 2.05) is 51.7 Å². The molecule has 1 aliphatic heterocycles. The molecule has 1 atom stereocenters. The minimum Gasteiger partial charge on any atom is -0.368 e. The fourth-order valence-corrected chi connectivity index (χ4v) is 3.23. The largest absolute Gasteiger partial charge is 0.368 e. The lowest BCUT2D eigenvalue weighted by Gasteiger charge is -2.38. The molecule has 1 aliphatic rings. The Balaban J connectivity index is 2.01. The van der Waals surface area contributed by atoms with Gasteiger partial charge in [-0.15, -0.1) is 0 Å². The van der Waals surface area contributed by atoms with Gasteiger partial charge in [-0.25, -0.2) is 0 Å². The van der Waals surface area contributed by atoms with E-state index in [1.54, 1.807) is 6.07 Å². The van der Waals surface area contributed by atoms with Crippen LogP contribution in [0.5, 0.6) is 0 Å². The van der Waals surface area contributed by atoms with Crippen LogP contribution in [0.3, 0.4) is 0 Å². The van der Waals surface area contributed by atoms with Crippen LogP contribution in [0.1, 0.15) is 34.6 Å². The van der Waals surface area contributed by atoms with Crippen molar-refractivity contribution in [2.45, 2.75) is 40.7 Å². The summed E-state index contributed by atoms with van der Waals surface area (Å²) in [6.45, 7) is 12.1. The number of carbonyl (C=O) groups excluding carboxylic acids is 2. The molecule has 0 spiro atoms. The summed E-state index contributed by atoms with van der Waals surface area (Å²) in [6.07, 6.45) is 0. The van der Waals surface area contributed by atoms with E-state index < -0.39 is 11.5 Å². The van der Waals surface area contributed by atoms with E-state index in [9.17, 15) is 9.59 Å². The maximum absolute atomic E-state index is 13.0. The quantitative estimate of drug-likeness (QED) is 0.815. The molecule has 2 rings (SSSR count). The third-order valence-electron chi connectivity index (χ3n) is 4.76. The highest BCUT2D eigenvalue weighted by molar-refractivity contribution is 6.42. The summed E-state index contributed by atoms with van der Waals surface area (Å²) in [5.74, 6) is -0.0997. The normalized spacial score (nSPS) is 16.4. The summed E-state index contributed by atoms with van der Waals surface area (Å²) in [4.78, 5) is 29.4. The van der Waals surface area contributed by atoms with E-state index in [2.05, 4.69) is 10.2 Å². The molecule has 5 nitrogen and oxygen atoms in total. The van der Waals surface area contributed by atoms with Crippen LogP contribution in [0, 0.1) is 11.3 Å². The van der Waals surface area contributed by atoms with Crippen LogP contribution >= 0.6 is 23.2 Å². The van der Waals surface area contributed by atoms with Gasteiger partial charge in [0, 0.05) is 37.3 Å². The van der Waals surface area contributed by atoms with E-state index in [0.29, 0.717) is 36.2 Å². The Morgan fingerprint density at radius 1 is 1.04 bits per heavy atom. The third-order valence-corrected chi connectivity index (χ3v) is 5.50. The smallest absolute Gasteiger partial charge is 0.245 e. The molecule has 1 aromatic rings. The molecule has 1 fully saturated rings. The van der Waals surface area contributed by atoms with Crippen LogP contribution < -0.4 is 10.2 Å². The fourth-order valence-electron chi connectivity index (χ4n) is 2.93. The summed E-state index contributed by atoms with van der Waals surface area (Å²) in [7, 11) is 0. The average Bonchev–Trinajstić information content (AvgIpc) is 2.60. The number of nitrogens with zero attached hydrogens (tertiary/aromatic N) is 2. The predicted octanol–water partition coefficient (Wildman–Crippen LogP) is 3.83. The first kappa shape index (κ1) is 21.8. The average molecular weight is 414 g/mol. The van der Waals surface area contributed by atoms with Gasteiger partial charge in [0.25, 0.3) is 0 Å². The first-order valence-electron chi connectivity index (χ1n) is 9.30. The molecule has 1 aromatic carbocycles. The van der Waals surface area contributed by atoms with Crippen LogP contribution in [0.25, 0.3) is 0 Å². The van der Waals surface area contributed by atoms with Crippen molar-refractivity contribution in [2.24, 2.45) is 11.3 Å². The summed E-state index contributed by atoms with van der Waals surface area (Å²) in [6, 6.07) is 5.06. The highest BCUT2D eigenvalue weighted by Gasteiger charge is 2.33. The second-order valence-electron chi connectivity index (χ2n) is 8.36. The topological polar surface area (TPSA) is 52.7 Å². The van der Waals surface area contributed by atoms with Crippen LogP contribution in [-0.2, 0) is 9.59 Å². The lowest BCUT2D eigenvalue weighted by molar-refractivity contribution is -0.140. The van der Waals surface area contributed by atoms with Crippen molar-refractivity contribution < 1.29 is 9.59 Å². The second kappa shape index (κ2) is 8.70. The number of anilines is 1. The first-order chi connectivity index (χ1) is 12.5. The van der Waals surface area contributed by atoms with Crippen LogP contribution in [0.4, 0.5) is 5.69 Å². The summed E-state index contributed by atoms with van der Waals surface area (Å²) in [5.41, 5.74) is 0.470. The van der Waals surface area contributed by atoms with Crippen molar-refractivity contribution >= 4 is 40.7 Å². The molecule has 1 saturated heterocycles. The third kappa shape index (κ3) is 5.52. The molecular formula is C20H29Cl2N3O2. The molecule has 0 aromatic heterocycles. The Morgan fingerprint density at radius 3 is 2.11 bits per heavy atom. The molecular weight excluding hydrogens is 385 g/mol. The number of benzene rings is 1. The second-order valence-corrected chi connectivity index (χ2v) is 9.17. The molecule has 1 unspecified atom stereocenters. The molecule has 0 saturated carbocycles. The lowest BCUT2D eigenvalue weighted by atomic mass is 9.93. The van der Waals surface area contributed by atoms with Crippen molar-refractivity contribution in [1.29, 1.82) is 0 Å². The lowest BCUT2D eigenvalue weighted by Crippen LogP contribution is -2.57. The number of halogens is 2. The maximum Gasteiger partial charge on any atom is 0.245 e. The van der Waals surface area contributed by atoms with Gasteiger partial charge in [-0.1, -0.05) is 57.8 Å². The van der Waals surface area contributed by atoms with Gasteiger partial charge in [-0.2, -0.15) is 0 Å². The summed E-state index contributed by atoms with van der Waals surface area (Å²) >= 11 is 12.1. The van der Waals surface area contributed by atoms with E-state index in [-0.39, 0.29) is 17.7 Å². The number of piperazine rings is 1. The van der Waals surface area contributed by atoms with E-state index >= 15 is 0 Å². The minimum absolute atomic E-state index is 0.0172. The van der Waals surface area contributed by atoms with Gasteiger partial charge in [-0.05, 0) is 24.1 Å². The van der Waals surface area contributed by atoms with Crippen molar-refractivity contribution in [3.05, 3.63) is 28.2 Å². The standard InChI is InChI=1S/C20H29Cl2N3O2/c1-13(2)17(23-19(27)20(3,4)5)18(26)25-10-8-24(9-11-25)14-6-7-15(21)16(22)12-14/h6-7,12-13,17H,8-11H2,1-5H3,(H,23,27). The van der Waals surface area contributed by atoms with E-state index in [4.69, 9.17) is 23.2 Å². The highest BCUT2D eigenvalue weighted by atomic mass is 35.5. The molecule has 150 valence electrons. The Bertz CT molecular complexity index is 693. The number of hydrogen-bond donors (Lipinski definition) is 1. The van der Waals surface area contributed by atoms with Gasteiger partial charge in [0.15, 0.2) is 0 Å². The van der Waals surface area contributed by atoms with Crippen LogP contribution in [0.2, 0.25) is 10.0 Å². The van der Waals surface area contributed by atoms with Gasteiger partial charge in [0.2, 0.25) is 11.8 Å². The summed E-state index contributed by atoms with van der Waals surface area (Å²) in [5, 5.41) is 3.99. The molecule has 7 heteroatoms.